The van der Waals surface area contributed by atoms with E-state index in [4.69, 9.17) is 18.9 Å². The van der Waals surface area contributed by atoms with E-state index in [1.54, 1.807) is 98.1 Å². The van der Waals surface area contributed by atoms with Gasteiger partial charge in [-0.2, -0.15) is 0 Å². The Kier molecular flexibility index (Phi) is 10.5. The SMILES string of the molecule is COc1ccc(/C=C(\NC(=O)c2ccccc2)C(=O)Nc2ccc(C(=O)/C=C/c3cccc(OC)c3OC)cc2)cc1OC. The van der Waals surface area contributed by atoms with Crippen LogP contribution in [0.3, 0.4) is 0 Å². The van der Waals surface area contributed by atoms with E-state index in [-0.39, 0.29) is 11.5 Å². The number of nitrogens with one attached hydrogen (secondary N) is 2. The lowest BCUT2D eigenvalue weighted by molar-refractivity contribution is -0.113. The molecule has 0 radical (unpaired) electrons. The second-order valence-corrected chi connectivity index (χ2v) is 9.30. The number of rotatable bonds is 12. The topological polar surface area (TPSA) is 112 Å². The monoisotopic (exact) mass is 592 g/mol. The molecule has 0 bridgehead atoms. The van der Waals surface area contributed by atoms with Crippen molar-refractivity contribution < 1.29 is 33.3 Å². The molecule has 224 valence electrons. The Hall–Kier alpha value is -5.83. The molecule has 0 aliphatic carbocycles. The Balaban J connectivity index is 1.53. The maximum absolute atomic E-state index is 13.4. The van der Waals surface area contributed by atoms with Crippen LogP contribution >= 0.6 is 0 Å². The summed E-state index contributed by atoms with van der Waals surface area (Å²) in [6.07, 6.45) is 4.63. The molecular formula is C35H32N2O7. The summed E-state index contributed by atoms with van der Waals surface area (Å²) in [4.78, 5) is 39.2. The average molecular weight is 593 g/mol. The zero-order chi connectivity index (χ0) is 31.5. The number of ether oxygens (including phenoxy) is 4. The molecule has 0 saturated carbocycles. The molecule has 0 atom stereocenters. The van der Waals surface area contributed by atoms with Crippen LogP contribution in [0.1, 0.15) is 31.8 Å². The molecule has 44 heavy (non-hydrogen) atoms. The average Bonchev–Trinajstić information content (AvgIpc) is 3.07. The molecule has 4 aromatic carbocycles. The number of hydrogen-bond acceptors (Lipinski definition) is 7. The Morgan fingerprint density at radius 3 is 2.02 bits per heavy atom. The molecule has 0 fully saturated rings. The lowest BCUT2D eigenvalue weighted by Crippen LogP contribution is -2.30. The summed E-state index contributed by atoms with van der Waals surface area (Å²) in [7, 11) is 6.12. The van der Waals surface area contributed by atoms with Crippen molar-refractivity contribution in [2.75, 3.05) is 33.8 Å². The van der Waals surface area contributed by atoms with Gasteiger partial charge < -0.3 is 29.6 Å². The van der Waals surface area contributed by atoms with Gasteiger partial charge in [-0.25, -0.2) is 0 Å². The van der Waals surface area contributed by atoms with Crippen molar-refractivity contribution >= 4 is 35.4 Å². The molecule has 0 heterocycles. The van der Waals surface area contributed by atoms with Gasteiger partial charge in [0.1, 0.15) is 5.70 Å². The van der Waals surface area contributed by atoms with E-state index in [1.807, 2.05) is 6.07 Å². The molecule has 0 saturated heterocycles. The predicted octanol–water partition coefficient (Wildman–Crippen LogP) is 6.03. The Morgan fingerprint density at radius 1 is 0.659 bits per heavy atom. The third kappa shape index (κ3) is 7.71. The second kappa shape index (κ2) is 14.9. The molecule has 2 amide bonds. The van der Waals surface area contributed by atoms with Crippen LogP contribution in [0.5, 0.6) is 23.0 Å². The van der Waals surface area contributed by atoms with Crippen molar-refractivity contribution in [1.29, 1.82) is 0 Å². The number of hydrogen-bond donors (Lipinski definition) is 2. The molecule has 2 N–H and O–H groups in total. The number of ketones is 1. The predicted molar refractivity (Wildman–Crippen MR) is 169 cm³/mol. The minimum Gasteiger partial charge on any atom is -0.493 e. The molecule has 0 aliphatic heterocycles. The van der Waals surface area contributed by atoms with Gasteiger partial charge in [-0.15, -0.1) is 0 Å². The van der Waals surface area contributed by atoms with Crippen LogP contribution in [-0.2, 0) is 4.79 Å². The molecule has 0 unspecified atom stereocenters. The fourth-order valence-corrected chi connectivity index (χ4v) is 4.27. The lowest BCUT2D eigenvalue weighted by Gasteiger charge is -2.13. The summed E-state index contributed by atoms with van der Waals surface area (Å²) in [6.45, 7) is 0. The quantitative estimate of drug-likeness (QED) is 0.153. The van der Waals surface area contributed by atoms with Crippen molar-refractivity contribution in [2.45, 2.75) is 0 Å². The number of amides is 2. The highest BCUT2D eigenvalue weighted by atomic mass is 16.5. The fourth-order valence-electron chi connectivity index (χ4n) is 4.27. The van der Waals surface area contributed by atoms with Crippen molar-refractivity contribution in [3.05, 3.63) is 125 Å². The number of carbonyl (C=O) groups is 3. The van der Waals surface area contributed by atoms with Gasteiger partial charge >= 0.3 is 0 Å². The maximum Gasteiger partial charge on any atom is 0.272 e. The van der Waals surface area contributed by atoms with Crippen LogP contribution in [-0.4, -0.2) is 46.0 Å². The molecule has 0 spiro atoms. The highest BCUT2D eigenvalue weighted by Crippen LogP contribution is 2.32. The molecule has 4 aromatic rings. The normalized spacial score (nSPS) is 11.0. The summed E-state index contributed by atoms with van der Waals surface area (Å²) >= 11 is 0. The molecule has 0 aliphatic rings. The van der Waals surface area contributed by atoms with Gasteiger partial charge in [-0.3, -0.25) is 14.4 Å². The summed E-state index contributed by atoms with van der Waals surface area (Å²) in [6, 6.07) is 25.5. The zero-order valence-corrected chi connectivity index (χ0v) is 24.8. The minimum absolute atomic E-state index is 0.00129. The van der Waals surface area contributed by atoms with Gasteiger partial charge in [-0.05, 0) is 78.4 Å². The van der Waals surface area contributed by atoms with Crippen molar-refractivity contribution in [2.24, 2.45) is 0 Å². The van der Waals surface area contributed by atoms with Gasteiger partial charge in [0.15, 0.2) is 28.8 Å². The van der Waals surface area contributed by atoms with Gasteiger partial charge in [0.2, 0.25) is 0 Å². The zero-order valence-electron chi connectivity index (χ0n) is 24.8. The lowest BCUT2D eigenvalue weighted by atomic mass is 10.1. The summed E-state index contributed by atoms with van der Waals surface area (Å²) in [5.74, 6) is 0.818. The summed E-state index contributed by atoms with van der Waals surface area (Å²) < 4.78 is 21.4. The summed E-state index contributed by atoms with van der Waals surface area (Å²) in [5.41, 5.74) is 2.52. The van der Waals surface area contributed by atoms with Gasteiger partial charge in [0.25, 0.3) is 11.8 Å². The van der Waals surface area contributed by atoms with Crippen molar-refractivity contribution in [3.63, 3.8) is 0 Å². The smallest absolute Gasteiger partial charge is 0.272 e. The minimum atomic E-state index is -0.562. The number of allylic oxidation sites excluding steroid dienone is 1. The molecule has 0 aromatic heterocycles. The standard InChI is InChI=1S/C35H32N2O7/c1-41-30-20-13-23(22-32(30)43-3)21-28(37-34(39)26-9-6-5-7-10-26)35(40)36-27-17-14-24(15-18-27)29(38)19-16-25-11-8-12-31(42-2)33(25)44-4/h5-22H,1-4H3,(H,36,40)(H,37,39)/b19-16+,28-21-. The maximum atomic E-state index is 13.4. The van der Waals surface area contributed by atoms with E-state index >= 15 is 0 Å². The Morgan fingerprint density at radius 2 is 1.36 bits per heavy atom. The second-order valence-electron chi connectivity index (χ2n) is 9.30. The molecule has 9 nitrogen and oxygen atoms in total. The highest BCUT2D eigenvalue weighted by Gasteiger charge is 2.16. The third-order valence-electron chi connectivity index (χ3n) is 6.52. The van der Waals surface area contributed by atoms with E-state index in [0.717, 1.165) is 0 Å². The van der Waals surface area contributed by atoms with E-state index < -0.39 is 11.8 Å². The van der Waals surface area contributed by atoms with E-state index in [0.29, 0.717) is 50.9 Å². The van der Waals surface area contributed by atoms with Crippen LogP contribution in [0, 0.1) is 0 Å². The van der Waals surface area contributed by atoms with Gasteiger partial charge in [0, 0.05) is 22.4 Å². The van der Waals surface area contributed by atoms with Crippen LogP contribution in [0.2, 0.25) is 0 Å². The van der Waals surface area contributed by atoms with Crippen molar-refractivity contribution in [3.8, 4) is 23.0 Å². The van der Waals surface area contributed by atoms with Gasteiger partial charge in [0.05, 0.1) is 28.4 Å². The number of anilines is 1. The van der Waals surface area contributed by atoms with E-state index in [2.05, 4.69) is 10.6 Å². The van der Waals surface area contributed by atoms with Gasteiger partial charge in [-0.1, -0.05) is 36.4 Å². The first-order valence-corrected chi connectivity index (χ1v) is 13.5. The summed E-state index contributed by atoms with van der Waals surface area (Å²) in [5, 5.41) is 5.49. The largest absolute Gasteiger partial charge is 0.493 e. The molecule has 4 rings (SSSR count). The number of methoxy groups -OCH3 is 4. The van der Waals surface area contributed by atoms with E-state index in [1.165, 1.54) is 33.5 Å². The number of para-hydroxylation sites is 1. The highest BCUT2D eigenvalue weighted by molar-refractivity contribution is 6.11. The van der Waals surface area contributed by atoms with E-state index in [9.17, 15) is 14.4 Å². The number of benzene rings is 4. The first-order valence-electron chi connectivity index (χ1n) is 13.5. The van der Waals surface area contributed by atoms with Crippen LogP contribution < -0.4 is 29.6 Å². The first kappa shape index (κ1) is 31.1. The third-order valence-corrected chi connectivity index (χ3v) is 6.52. The first-order chi connectivity index (χ1) is 21.4. The Bertz CT molecular complexity index is 1690. The van der Waals surface area contributed by atoms with Crippen LogP contribution in [0.15, 0.2) is 103 Å². The van der Waals surface area contributed by atoms with Crippen LogP contribution in [0.4, 0.5) is 5.69 Å². The fraction of sp³-hybridized carbons (Fsp3) is 0.114. The Labute approximate surface area is 255 Å². The molecular weight excluding hydrogens is 560 g/mol. The van der Waals surface area contributed by atoms with Crippen molar-refractivity contribution in [1.82, 2.24) is 5.32 Å². The number of carbonyl (C=O) groups excluding carboxylic acids is 3. The molecule has 9 heteroatoms. The van der Waals surface area contributed by atoms with Crippen LogP contribution in [0.25, 0.3) is 12.2 Å².